The van der Waals surface area contributed by atoms with Crippen molar-refractivity contribution < 1.29 is 14.7 Å². The Kier molecular flexibility index (Phi) is 4.07. The molecule has 1 aromatic heterocycles. The lowest BCUT2D eigenvalue weighted by Gasteiger charge is -2.06. The monoisotopic (exact) mass is 315 g/mol. The minimum absolute atomic E-state index is 0.0506. The maximum Gasteiger partial charge on any atom is 0.312 e. The highest BCUT2D eigenvalue weighted by molar-refractivity contribution is 7.99. The molecule has 114 valence electrons. The number of carbonyl (C=O) groups is 2. The molecule has 0 saturated heterocycles. The van der Waals surface area contributed by atoms with E-state index in [0.29, 0.717) is 24.2 Å². The molecule has 5 heteroatoms. The number of benzene rings is 1. The molecule has 1 unspecified atom stereocenters. The predicted molar refractivity (Wildman–Crippen MR) is 85.7 cm³/mol. The van der Waals surface area contributed by atoms with E-state index in [1.54, 1.807) is 23.9 Å². The molecule has 0 saturated carbocycles. The first-order valence-corrected chi connectivity index (χ1v) is 8.30. The molecule has 0 fully saturated rings. The summed E-state index contributed by atoms with van der Waals surface area (Å²) in [5, 5.41) is 9.21. The van der Waals surface area contributed by atoms with Crippen LogP contribution in [-0.4, -0.2) is 27.2 Å². The minimum Gasteiger partial charge on any atom is -0.481 e. The Morgan fingerprint density at radius 1 is 1.23 bits per heavy atom. The third-order valence-corrected chi connectivity index (χ3v) is 4.87. The van der Waals surface area contributed by atoms with Gasteiger partial charge in [0.15, 0.2) is 0 Å². The number of fused-ring (bicyclic) bond motifs is 1. The van der Waals surface area contributed by atoms with Crippen LogP contribution < -0.4 is 0 Å². The van der Waals surface area contributed by atoms with Gasteiger partial charge < -0.3 is 9.67 Å². The molecule has 22 heavy (non-hydrogen) atoms. The van der Waals surface area contributed by atoms with Gasteiger partial charge in [-0.2, -0.15) is 0 Å². The quantitative estimate of drug-likeness (QED) is 0.678. The van der Waals surface area contributed by atoms with Crippen LogP contribution in [0.4, 0.5) is 0 Å². The van der Waals surface area contributed by atoms with Gasteiger partial charge in [-0.1, -0.05) is 6.92 Å². The maximum absolute atomic E-state index is 12.6. The number of rotatable bonds is 5. The van der Waals surface area contributed by atoms with E-state index in [1.165, 1.54) is 0 Å². The fourth-order valence-corrected chi connectivity index (χ4v) is 3.57. The molecule has 1 aliphatic heterocycles. The van der Waals surface area contributed by atoms with Crippen LogP contribution in [0.25, 0.3) is 0 Å². The summed E-state index contributed by atoms with van der Waals surface area (Å²) >= 11 is 1.74. The molecule has 1 aromatic carbocycles. The van der Waals surface area contributed by atoms with Crippen molar-refractivity contribution in [1.29, 1.82) is 0 Å². The highest BCUT2D eigenvalue weighted by Crippen LogP contribution is 2.31. The van der Waals surface area contributed by atoms with Gasteiger partial charge in [-0.05, 0) is 48.6 Å². The maximum atomic E-state index is 12.6. The van der Waals surface area contributed by atoms with E-state index in [9.17, 15) is 14.7 Å². The van der Waals surface area contributed by atoms with Gasteiger partial charge in [-0.3, -0.25) is 9.59 Å². The summed E-state index contributed by atoms with van der Waals surface area (Å²) < 4.78 is 1.84. The third kappa shape index (κ3) is 2.57. The molecule has 0 aliphatic carbocycles. The summed E-state index contributed by atoms with van der Waals surface area (Å²) in [6.45, 7) is 2.68. The fourth-order valence-electron chi connectivity index (χ4n) is 2.91. The Hall–Kier alpha value is -2.01. The molecule has 1 atom stereocenters. The Morgan fingerprint density at radius 3 is 2.59 bits per heavy atom. The lowest BCUT2D eigenvalue weighted by atomic mass is 10.1. The molecule has 1 aliphatic rings. The third-order valence-electron chi connectivity index (χ3n) is 3.97. The molecule has 2 aromatic rings. The summed E-state index contributed by atoms with van der Waals surface area (Å²) in [6.07, 6.45) is 0.553. The highest BCUT2D eigenvalue weighted by atomic mass is 32.2. The number of aromatic nitrogens is 1. The Morgan fingerprint density at radius 2 is 1.95 bits per heavy atom. The highest BCUT2D eigenvalue weighted by Gasteiger charge is 2.31. The topological polar surface area (TPSA) is 59.3 Å². The Labute approximate surface area is 133 Å². The average Bonchev–Trinajstić information content (AvgIpc) is 3.08. The van der Waals surface area contributed by atoms with E-state index in [2.05, 4.69) is 6.92 Å². The molecule has 3 rings (SSSR count). The molecule has 4 nitrogen and oxygen atoms in total. The van der Waals surface area contributed by atoms with E-state index in [0.717, 1.165) is 16.3 Å². The van der Waals surface area contributed by atoms with Crippen LogP contribution in [0.15, 0.2) is 41.3 Å². The van der Waals surface area contributed by atoms with Gasteiger partial charge in [0.25, 0.3) is 0 Å². The van der Waals surface area contributed by atoms with Gasteiger partial charge >= 0.3 is 5.97 Å². The summed E-state index contributed by atoms with van der Waals surface area (Å²) in [6, 6.07) is 11.1. The van der Waals surface area contributed by atoms with Crippen LogP contribution in [0, 0.1) is 0 Å². The van der Waals surface area contributed by atoms with E-state index in [4.69, 9.17) is 0 Å². The first-order chi connectivity index (χ1) is 10.6. The van der Waals surface area contributed by atoms with Crippen LogP contribution in [0.5, 0.6) is 0 Å². The van der Waals surface area contributed by atoms with E-state index in [-0.39, 0.29) is 5.78 Å². The van der Waals surface area contributed by atoms with Crippen LogP contribution in [-0.2, 0) is 11.3 Å². The van der Waals surface area contributed by atoms with Gasteiger partial charge in [0.05, 0.1) is 11.6 Å². The number of carboxylic acid groups (broad SMARTS) is 1. The van der Waals surface area contributed by atoms with E-state index >= 15 is 0 Å². The standard InChI is InChI=1S/C17H17NO3S/c1-2-22-12-5-3-11(4-6-12)16(19)15-8-7-14-13(17(20)21)9-10-18(14)15/h3-8,13H,2,9-10H2,1H3,(H,20,21). The van der Waals surface area contributed by atoms with Crippen molar-refractivity contribution in [2.24, 2.45) is 0 Å². The molecule has 0 radical (unpaired) electrons. The van der Waals surface area contributed by atoms with Crippen molar-refractivity contribution in [3.8, 4) is 0 Å². The molecule has 1 N–H and O–H groups in total. The van der Waals surface area contributed by atoms with Crippen molar-refractivity contribution in [2.75, 3.05) is 5.75 Å². The summed E-state index contributed by atoms with van der Waals surface area (Å²) in [7, 11) is 0. The van der Waals surface area contributed by atoms with Gasteiger partial charge in [-0.15, -0.1) is 11.8 Å². The second-order valence-corrected chi connectivity index (χ2v) is 6.60. The lowest BCUT2D eigenvalue weighted by Crippen LogP contribution is -2.10. The van der Waals surface area contributed by atoms with Gasteiger partial charge in [-0.25, -0.2) is 0 Å². The van der Waals surface area contributed by atoms with Crippen molar-refractivity contribution in [3.63, 3.8) is 0 Å². The number of carboxylic acids is 1. The van der Waals surface area contributed by atoms with E-state index < -0.39 is 11.9 Å². The molecular formula is C17H17NO3S. The zero-order valence-corrected chi connectivity index (χ0v) is 13.1. The number of aliphatic carboxylic acids is 1. The molecule has 0 bridgehead atoms. The van der Waals surface area contributed by atoms with E-state index in [1.807, 2.05) is 28.8 Å². The number of hydrogen-bond donors (Lipinski definition) is 1. The zero-order valence-electron chi connectivity index (χ0n) is 12.3. The van der Waals surface area contributed by atoms with Gasteiger partial charge in [0.2, 0.25) is 5.78 Å². The van der Waals surface area contributed by atoms with Crippen molar-refractivity contribution in [1.82, 2.24) is 4.57 Å². The van der Waals surface area contributed by atoms with Crippen molar-refractivity contribution in [3.05, 3.63) is 53.3 Å². The number of nitrogens with zero attached hydrogens (tertiary/aromatic N) is 1. The SMILES string of the molecule is CCSc1ccc(C(=O)c2ccc3n2CCC3C(=O)O)cc1. The van der Waals surface area contributed by atoms with Gasteiger partial charge in [0.1, 0.15) is 0 Å². The van der Waals surface area contributed by atoms with Gasteiger partial charge in [0, 0.05) is 22.7 Å². The normalized spacial score (nSPS) is 16.5. The second-order valence-electron chi connectivity index (χ2n) is 5.26. The number of carbonyl (C=O) groups excluding carboxylic acids is 1. The Balaban J connectivity index is 1.87. The number of hydrogen-bond acceptors (Lipinski definition) is 3. The molecule has 2 heterocycles. The Bertz CT molecular complexity index is 718. The van der Waals surface area contributed by atoms with Crippen LogP contribution >= 0.6 is 11.8 Å². The van der Waals surface area contributed by atoms with Crippen molar-refractivity contribution >= 4 is 23.5 Å². The summed E-state index contributed by atoms with van der Waals surface area (Å²) in [5.41, 5.74) is 1.95. The van der Waals surface area contributed by atoms with Crippen molar-refractivity contribution in [2.45, 2.75) is 30.7 Å². The lowest BCUT2D eigenvalue weighted by molar-refractivity contribution is -0.138. The molecule has 0 amide bonds. The smallest absolute Gasteiger partial charge is 0.312 e. The van der Waals surface area contributed by atoms with Crippen LogP contribution in [0.2, 0.25) is 0 Å². The van der Waals surface area contributed by atoms with Crippen LogP contribution in [0.3, 0.4) is 0 Å². The molecule has 0 spiro atoms. The second kappa shape index (κ2) is 6.01. The summed E-state index contributed by atoms with van der Waals surface area (Å²) in [5.74, 6) is -0.372. The zero-order chi connectivity index (χ0) is 15.7. The largest absolute Gasteiger partial charge is 0.481 e. The fraction of sp³-hybridized carbons (Fsp3) is 0.294. The van der Waals surface area contributed by atoms with Crippen LogP contribution in [0.1, 0.15) is 41.0 Å². The summed E-state index contributed by atoms with van der Waals surface area (Å²) in [4.78, 5) is 25.0. The predicted octanol–water partition coefficient (Wildman–Crippen LogP) is 3.40. The number of ketones is 1. The minimum atomic E-state index is -0.822. The first-order valence-electron chi connectivity index (χ1n) is 7.31. The first kappa shape index (κ1) is 14.9. The number of thioether (sulfide) groups is 1. The average molecular weight is 315 g/mol. The molecular weight excluding hydrogens is 298 g/mol.